The molecule has 0 atom stereocenters. The zero-order chi connectivity index (χ0) is 15.9. The Labute approximate surface area is 127 Å². The molecule has 6 nitrogen and oxygen atoms in total. The summed E-state index contributed by atoms with van der Waals surface area (Å²) in [6, 6.07) is 15.0. The van der Waals surface area contributed by atoms with Crippen molar-refractivity contribution in [3.8, 4) is 5.75 Å². The van der Waals surface area contributed by atoms with Crippen LogP contribution in [0, 0.1) is 0 Å². The zero-order valence-electron chi connectivity index (χ0n) is 11.9. The molecule has 2 aromatic carbocycles. The van der Waals surface area contributed by atoms with E-state index < -0.39 is 11.8 Å². The molecule has 6 heteroatoms. The maximum atomic E-state index is 11.7. The Kier molecular flexibility index (Phi) is 4.87. The Morgan fingerprint density at radius 3 is 2.23 bits per heavy atom. The first kappa shape index (κ1) is 15.2. The maximum Gasteiger partial charge on any atom is 0.329 e. The smallest absolute Gasteiger partial charge is 0.329 e. The van der Waals surface area contributed by atoms with Crippen LogP contribution in [0.15, 0.2) is 59.7 Å². The van der Waals surface area contributed by atoms with Crippen molar-refractivity contribution in [2.45, 2.75) is 6.92 Å². The Hall–Kier alpha value is -3.15. The third-order valence-electron chi connectivity index (χ3n) is 2.85. The van der Waals surface area contributed by atoms with E-state index in [0.717, 1.165) is 5.56 Å². The monoisotopic (exact) mass is 297 g/mol. The largest absolute Gasteiger partial charge is 0.508 e. The van der Waals surface area contributed by atoms with Gasteiger partial charge in [0.1, 0.15) is 5.75 Å². The van der Waals surface area contributed by atoms with Gasteiger partial charge in [-0.15, -0.1) is 0 Å². The predicted molar refractivity (Wildman–Crippen MR) is 83.5 cm³/mol. The lowest BCUT2D eigenvalue weighted by Crippen LogP contribution is -2.32. The van der Waals surface area contributed by atoms with Crippen LogP contribution in [0.25, 0.3) is 0 Å². The molecule has 22 heavy (non-hydrogen) atoms. The van der Waals surface area contributed by atoms with E-state index in [1.807, 2.05) is 0 Å². The number of hydrogen-bond acceptors (Lipinski definition) is 4. The number of phenols is 1. The van der Waals surface area contributed by atoms with E-state index in [4.69, 9.17) is 0 Å². The quantitative estimate of drug-likeness (QED) is 0.459. The molecule has 0 aliphatic carbocycles. The molecule has 0 radical (unpaired) electrons. The summed E-state index contributed by atoms with van der Waals surface area (Å²) in [4.78, 5) is 23.3. The van der Waals surface area contributed by atoms with Gasteiger partial charge in [-0.3, -0.25) is 9.59 Å². The van der Waals surface area contributed by atoms with Gasteiger partial charge >= 0.3 is 11.8 Å². The van der Waals surface area contributed by atoms with Crippen molar-refractivity contribution in [3.05, 3.63) is 60.2 Å². The lowest BCUT2D eigenvalue weighted by molar-refractivity contribution is -0.136. The van der Waals surface area contributed by atoms with E-state index in [1.165, 1.54) is 12.1 Å². The molecule has 3 N–H and O–H groups in total. The molecule has 0 heterocycles. The molecule has 0 saturated carbocycles. The van der Waals surface area contributed by atoms with Gasteiger partial charge in [-0.25, -0.2) is 5.43 Å². The Morgan fingerprint density at radius 2 is 1.59 bits per heavy atom. The number of nitrogens with zero attached hydrogens (tertiary/aromatic N) is 1. The molecular formula is C16H15N3O3. The lowest BCUT2D eigenvalue weighted by atomic mass is 10.1. The maximum absolute atomic E-state index is 11.7. The number of hydrazone groups is 1. The Balaban J connectivity index is 1.95. The first-order chi connectivity index (χ1) is 10.6. The number of amides is 2. The molecule has 2 rings (SSSR count). The van der Waals surface area contributed by atoms with E-state index in [9.17, 15) is 14.7 Å². The van der Waals surface area contributed by atoms with Crippen LogP contribution in [0.1, 0.15) is 12.5 Å². The van der Waals surface area contributed by atoms with E-state index in [2.05, 4.69) is 15.8 Å². The number of rotatable bonds is 3. The molecule has 0 aromatic heterocycles. The van der Waals surface area contributed by atoms with Gasteiger partial charge in [0.05, 0.1) is 5.71 Å². The number of anilines is 1. The molecule has 112 valence electrons. The number of hydrogen-bond donors (Lipinski definition) is 3. The van der Waals surface area contributed by atoms with Crippen molar-refractivity contribution in [2.75, 3.05) is 5.32 Å². The van der Waals surface area contributed by atoms with Gasteiger partial charge in [0.25, 0.3) is 0 Å². The number of para-hydroxylation sites is 1. The fourth-order valence-electron chi connectivity index (χ4n) is 1.66. The Bertz CT molecular complexity index is 694. The first-order valence-electron chi connectivity index (χ1n) is 6.56. The second kappa shape index (κ2) is 7.03. The number of aromatic hydroxyl groups is 1. The number of carbonyl (C=O) groups excluding carboxylic acids is 2. The predicted octanol–water partition coefficient (Wildman–Crippen LogP) is 1.87. The Morgan fingerprint density at radius 1 is 0.955 bits per heavy atom. The SMILES string of the molecule is CC(=NNC(=O)C(=O)Nc1ccccc1)c1ccc(O)cc1. The fourth-order valence-corrected chi connectivity index (χ4v) is 1.66. The van der Waals surface area contributed by atoms with Crippen LogP contribution in [0.3, 0.4) is 0 Å². The summed E-state index contributed by atoms with van der Waals surface area (Å²) in [6.45, 7) is 1.68. The van der Waals surface area contributed by atoms with Gasteiger partial charge < -0.3 is 10.4 Å². The molecule has 0 unspecified atom stereocenters. The van der Waals surface area contributed by atoms with Gasteiger partial charge in [-0.1, -0.05) is 18.2 Å². The van der Waals surface area contributed by atoms with Crippen LogP contribution < -0.4 is 10.7 Å². The van der Waals surface area contributed by atoms with Crippen molar-refractivity contribution in [1.82, 2.24) is 5.43 Å². The van der Waals surface area contributed by atoms with Crippen LogP contribution in [-0.2, 0) is 9.59 Å². The first-order valence-corrected chi connectivity index (χ1v) is 6.56. The molecule has 2 amide bonds. The third-order valence-corrected chi connectivity index (χ3v) is 2.85. The summed E-state index contributed by atoms with van der Waals surface area (Å²) >= 11 is 0. The van der Waals surface area contributed by atoms with Crippen molar-refractivity contribution >= 4 is 23.2 Å². The molecule has 0 saturated heterocycles. The number of carbonyl (C=O) groups is 2. The van der Waals surface area contributed by atoms with Crippen molar-refractivity contribution < 1.29 is 14.7 Å². The highest BCUT2D eigenvalue weighted by Crippen LogP contribution is 2.10. The molecule has 2 aromatic rings. The van der Waals surface area contributed by atoms with Crippen LogP contribution >= 0.6 is 0 Å². The van der Waals surface area contributed by atoms with E-state index in [1.54, 1.807) is 49.4 Å². The van der Waals surface area contributed by atoms with Crippen LogP contribution in [0.4, 0.5) is 5.69 Å². The molecular weight excluding hydrogens is 282 g/mol. The average Bonchev–Trinajstić information content (AvgIpc) is 2.53. The average molecular weight is 297 g/mol. The molecule has 0 spiro atoms. The molecule has 0 fully saturated rings. The van der Waals surface area contributed by atoms with Crippen LogP contribution in [0.5, 0.6) is 5.75 Å². The fraction of sp³-hybridized carbons (Fsp3) is 0.0625. The topological polar surface area (TPSA) is 90.8 Å². The summed E-state index contributed by atoms with van der Waals surface area (Å²) in [5.41, 5.74) is 3.96. The highest BCUT2D eigenvalue weighted by Gasteiger charge is 2.13. The summed E-state index contributed by atoms with van der Waals surface area (Å²) in [5, 5.41) is 15.5. The summed E-state index contributed by atoms with van der Waals surface area (Å²) in [5.74, 6) is -1.52. The van der Waals surface area contributed by atoms with Crippen LogP contribution in [-0.4, -0.2) is 22.6 Å². The normalized spacial score (nSPS) is 10.9. The second-order valence-electron chi connectivity index (χ2n) is 4.51. The molecule has 0 aliphatic rings. The van der Waals surface area contributed by atoms with Gasteiger partial charge in [0.2, 0.25) is 0 Å². The number of nitrogens with one attached hydrogen (secondary N) is 2. The van der Waals surface area contributed by atoms with E-state index in [-0.39, 0.29) is 5.75 Å². The highest BCUT2D eigenvalue weighted by molar-refractivity contribution is 6.39. The van der Waals surface area contributed by atoms with Gasteiger partial charge in [-0.05, 0) is 48.9 Å². The van der Waals surface area contributed by atoms with Gasteiger partial charge in [-0.2, -0.15) is 5.10 Å². The minimum atomic E-state index is -0.859. The highest BCUT2D eigenvalue weighted by atomic mass is 16.3. The lowest BCUT2D eigenvalue weighted by Gasteiger charge is -2.04. The van der Waals surface area contributed by atoms with E-state index >= 15 is 0 Å². The number of phenolic OH excluding ortho intramolecular Hbond substituents is 1. The van der Waals surface area contributed by atoms with Crippen molar-refractivity contribution in [2.24, 2.45) is 5.10 Å². The second-order valence-corrected chi connectivity index (χ2v) is 4.51. The van der Waals surface area contributed by atoms with Crippen molar-refractivity contribution in [1.29, 1.82) is 0 Å². The van der Waals surface area contributed by atoms with Crippen LogP contribution in [0.2, 0.25) is 0 Å². The summed E-state index contributed by atoms with van der Waals surface area (Å²) in [7, 11) is 0. The van der Waals surface area contributed by atoms with Gasteiger partial charge in [0.15, 0.2) is 0 Å². The van der Waals surface area contributed by atoms with Gasteiger partial charge in [0, 0.05) is 5.69 Å². The summed E-state index contributed by atoms with van der Waals surface area (Å²) < 4.78 is 0. The minimum absolute atomic E-state index is 0.142. The molecule has 0 bridgehead atoms. The molecule has 0 aliphatic heterocycles. The van der Waals surface area contributed by atoms with Crippen molar-refractivity contribution in [3.63, 3.8) is 0 Å². The van der Waals surface area contributed by atoms with E-state index in [0.29, 0.717) is 11.4 Å². The third kappa shape index (κ3) is 4.17. The standard InChI is InChI=1S/C16H15N3O3/c1-11(12-7-9-14(20)10-8-12)18-19-16(22)15(21)17-13-5-3-2-4-6-13/h2-10,20H,1H3,(H,17,21)(H,19,22). The minimum Gasteiger partial charge on any atom is -0.508 e. The zero-order valence-corrected chi connectivity index (χ0v) is 11.9. The number of benzene rings is 2. The summed E-state index contributed by atoms with van der Waals surface area (Å²) in [6.07, 6.45) is 0.